The lowest BCUT2D eigenvalue weighted by atomic mass is 10.2. The second kappa shape index (κ2) is 8.73. The number of nitro groups is 1. The van der Waals surface area contributed by atoms with Crippen LogP contribution in [0, 0.1) is 10.1 Å². The molecule has 0 bridgehead atoms. The summed E-state index contributed by atoms with van der Waals surface area (Å²) < 4.78 is 2.28. The van der Waals surface area contributed by atoms with Crippen LogP contribution in [0.15, 0.2) is 58.3 Å². The first kappa shape index (κ1) is 20.8. The molecule has 0 aliphatic carbocycles. The summed E-state index contributed by atoms with van der Waals surface area (Å²) in [5.74, 6) is 0. The number of nitrogens with zero attached hydrogens (tertiary/aromatic N) is 5. The van der Waals surface area contributed by atoms with Crippen LogP contribution >= 0.6 is 11.3 Å². The minimum Gasteiger partial charge on any atom is -0.372 e. The minimum atomic E-state index is -0.428. The van der Waals surface area contributed by atoms with E-state index in [2.05, 4.69) is 35.9 Å². The van der Waals surface area contributed by atoms with Crippen LogP contribution in [-0.4, -0.2) is 29.2 Å². The lowest BCUT2D eigenvalue weighted by Gasteiger charge is -2.25. The van der Waals surface area contributed by atoms with Gasteiger partial charge in [-0.2, -0.15) is 0 Å². The minimum absolute atomic E-state index is 0.0370. The molecule has 0 saturated heterocycles. The molecular weight excluding hydrogens is 414 g/mol. The van der Waals surface area contributed by atoms with E-state index >= 15 is 0 Å². The van der Waals surface area contributed by atoms with Gasteiger partial charge >= 0.3 is 0 Å². The molecule has 4 rings (SSSR count). The molecule has 8 nitrogen and oxygen atoms in total. The highest BCUT2D eigenvalue weighted by Crippen LogP contribution is 2.20. The number of aromatic nitrogens is 1. The van der Waals surface area contributed by atoms with Crippen LogP contribution in [-0.2, 0) is 6.67 Å². The lowest BCUT2D eigenvalue weighted by Crippen LogP contribution is -2.42. The van der Waals surface area contributed by atoms with E-state index in [4.69, 9.17) is 0 Å². The predicted molar refractivity (Wildman–Crippen MR) is 123 cm³/mol. The van der Waals surface area contributed by atoms with Gasteiger partial charge in [-0.05, 0) is 49.8 Å². The Labute approximate surface area is 183 Å². The van der Waals surface area contributed by atoms with E-state index < -0.39 is 4.92 Å². The van der Waals surface area contributed by atoms with Crippen LogP contribution in [0.2, 0.25) is 0 Å². The number of thiazole rings is 1. The molecule has 0 amide bonds. The maximum atomic E-state index is 13.0. The maximum absolute atomic E-state index is 13.0. The monoisotopic (exact) mass is 437 g/mol. The van der Waals surface area contributed by atoms with Crippen molar-refractivity contribution in [2.45, 2.75) is 20.5 Å². The van der Waals surface area contributed by atoms with Gasteiger partial charge in [0.2, 0.25) is 0 Å². The van der Waals surface area contributed by atoms with Gasteiger partial charge in [-0.1, -0.05) is 23.5 Å². The molecule has 0 N–H and O–H groups in total. The molecule has 1 aliphatic heterocycles. The van der Waals surface area contributed by atoms with Crippen molar-refractivity contribution in [2.24, 2.45) is 4.99 Å². The van der Waals surface area contributed by atoms with Crippen LogP contribution in [0.3, 0.4) is 0 Å². The van der Waals surface area contributed by atoms with Gasteiger partial charge in [0.1, 0.15) is 13.3 Å². The van der Waals surface area contributed by atoms with E-state index in [1.165, 1.54) is 23.5 Å². The SMILES string of the molecule is CCN(CC)c1ccc(C=c2sc3n(c2=O)CN(c2ccc([N+](=O)[O-])cc2)CN=3)cc1. The molecule has 0 spiro atoms. The number of nitro benzene ring substituents is 1. The van der Waals surface area contributed by atoms with Crippen LogP contribution in [0.5, 0.6) is 0 Å². The molecule has 1 aromatic heterocycles. The highest BCUT2D eigenvalue weighted by atomic mass is 32.1. The van der Waals surface area contributed by atoms with Gasteiger partial charge in [0.15, 0.2) is 4.80 Å². The first-order valence-electron chi connectivity index (χ1n) is 10.1. The van der Waals surface area contributed by atoms with Crippen molar-refractivity contribution in [3.05, 3.63) is 83.9 Å². The van der Waals surface area contributed by atoms with Gasteiger partial charge in [0.25, 0.3) is 11.2 Å². The van der Waals surface area contributed by atoms with Crippen LogP contribution in [0.4, 0.5) is 17.1 Å². The summed E-state index contributed by atoms with van der Waals surface area (Å²) in [5, 5.41) is 10.9. The maximum Gasteiger partial charge on any atom is 0.271 e. The average Bonchev–Trinajstić information content (AvgIpc) is 3.10. The van der Waals surface area contributed by atoms with Gasteiger partial charge in [-0.3, -0.25) is 19.5 Å². The Kier molecular flexibility index (Phi) is 5.85. The predicted octanol–water partition coefficient (Wildman–Crippen LogP) is 2.55. The van der Waals surface area contributed by atoms with E-state index in [0.29, 0.717) is 22.7 Å². The van der Waals surface area contributed by atoms with Crippen LogP contribution < -0.4 is 24.7 Å². The summed E-state index contributed by atoms with van der Waals surface area (Å²) in [6.07, 6.45) is 1.90. The number of non-ortho nitro benzene ring substituents is 1. The summed E-state index contributed by atoms with van der Waals surface area (Å²) >= 11 is 1.38. The summed E-state index contributed by atoms with van der Waals surface area (Å²) in [6.45, 7) is 6.92. The Morgan fingerprint density at radius 2 is 1.81 bits per heavy atom. The summed E-state index contributed by atoms with van der Waals surface area (Å²) in [5.41, 5.74) is 2.88. The van der Waals surface area contributed by atoms with Gasteiger partial charge < -0.3 is 9.80 Å². The third kappa shape index (κ3) is 4.22. The lowest BCUT2D eigenvalue weighted by molar-refractivity contribution is -0.384. The van der Waals surface area contributed by atoms with Crippen molar-refractivity contribution in [3.63, 3.8) is 0 Å². The zero-order chi connectivity index (χ0) is 22.0. The van der Waals surface area contributed by atoms with E-state index in [-0.39, 0.29) is 11.2 Å². The fourth-order valence-corrected chi connectivity index (χ4v) is 4.54. The Morgan fingerprint density at radius 3 is 2.42 bits per heavy atom. The Balaban J connectivity index is 1.59. The number of benzene rings is 2. The Morgan fingerprint density at radius 1 is 1.13 bits per heavy atom. The zero-order valence-electron chi connectivity index (χ0n) is 17.4. The van der Waals surface area contributed by atoms with Gasteiger partial charge in [-0.25, -0.2) is 4.99 Å². The van der Waals surface area contributed by atoms with E-state index in [9.17, 15) is 14.9 Å². The molecule has 0 unspecified atom stereocenters. The topological polar surface area (TPSA) is 84.0 Å². The molecule has 0 saturated carbocycles. The van der Waals surface area contributed by atoms with Crippen LogP contribution in [0.1, 0.15) is 19.4 Å². The molecule has 1 aliphatic rings. The Hall–Kier alpha value is -3.46. The molecule has 2 heterocycles. The van der Waals surface area contributed by atoms with Crippen molar-refractivity contribution < 1.29 is 4.92 Å². The number of hydrogen-bond donors (Lipinski definition) is 0. The molecule has 0 atom stereocenters. The normalized spacial score (nSPS) is 13.6. The van der Waals surface area contributed by atoms with Crippen LogP contribution in [0.25, 0.3) is 6.08 Å². The number of rotatable bonds is 6. The second-order valence-electron chi connectivity index (χ2n) is 7.14. The molecule has 31 heavy (non-hydrogen) atoms. The highest BCUT2D eigenvalue weighted by Gasteiger charge is 2.17. The summed E-state index contributed by atoms with van der Waals surface area (Å²) in [7, 11) is 0. The van der Waals surface area contributed by atoms with Crippen molar-refractivity contribution in [2.75, 3.05) is 29.6 Å². The van der Waals surface area contributed by atoms with Gasteiger partial charge in [0.05, 0.1) is 9.46 Å². The fraction of sp³-hybridized carbons (Fsp3) is 0.273. The molecular formula is C22H23N5O3S. The van der Waals surface area contributed by atoms with Gasteiger partial charge in [-0.15, -0.1) is 0 Å². The van der Waals surface area contributed by atoms with Crippen molar-refractivity contribution >= 4 is 34.5 Å². The standard InChI is InChI=1S/C22H23N5O3S/c1-3-24(4-2)17-7-5-16(6-8-17)13-20-21(28)26-15-25(14-23-22(26)31-20)18-9-11-19(12-10-18)27(29)30/h5-13H,3-4,14-15H2,1-2H3. The largest absolute Gasteiger partial charge is 0.372 e. The molecule has 3 aromatic rings. The molecule has 9 heteroatoms. The number of anilines is 2. The zero-order valence-corrected chi connectivity index (χ0v) is 18.2. The quantitative estimate of drug-likeness (QED) is 0.437. The average molecular weight is 438 g/mol. The molecule has 0 radical (unpaired) electrons. The second-order valence-corrected chi connectivity index (χ2v) is 8.15. The van der Waals surface area contributed by atoms with Crippen molar-refractivity contribution in [1.29, 1.82) is 0 Å². The highest BCUT2D eigenvalue weighted by molar-refractivity contribution is 7.07. The Bertz CT molecular complexity index is 1260. The van der Waals surface area contributed by atoms with Gasteiger partial charge in [0, 0.05) is 36.6 Å². The summed E-state index contributed by atoms with van der Waals surface area (Å²) in [6, 6.07) is 14.5. The third-order valence-corrected chi connectivity index (χ3v) is 6.37. The number of hydrogen-bond acceptors (Lipinski definition) is 7. The molecule has 160 valence electrons. The molecule has 0 fully saturated rings. The number of fused-ring (bicyclic) bond motifs is 1. The van der Waals surface area contributed by atoms with Crippen molar-refractivity contribution in [1.82, 2.24) is 4.57 Å². The fourth-order valence-electron chi connectivity index (χ4n) is 3.58. The van der Waals surface area contributed by atoms with E-state index in [1.807, 2.05) is 23.1 Å². The summed E-state index contributed by atoms with van der Waals surface area (Å²) in [4.78, 5) is 32.8. The van der Waals surface area contributed by atoms with E-state index in [1.54, 1.807) is 16.7 Å². The van der Waals surface area contributed by atoms with E-state index in [0.717, 1.165) is 30.0 Å². The van der Waals surface area contributed by atoms with Crippen molar-refractivity contribution in [3.8, 4) is 0 Å². The smallest absolute Gasteiger partial charge is 0.271 e. The first-order chi connectivity index (χ1) is 15.0. The third-order valence-electron chi connectivity index (χ3n) is 5.32. The first-order valence-corrected chi connectivity index (χ1v) is 10.9. The molecule has 2 aromatic carbocycles.